The second-order valence-corrected chi connectivity index (χ2v) is 7.51. The molecule has 0 radical (unpaired) electrons. The summed E-state index contributed by atoms with van der Waals surface area (Å²) in [7, 11) is 0. The molecule has 1 aromatic heterocycles. The van der Waals surface area contributed by atoms with Crippen LogP contribution in [-0.4, -0.2) is 26.6 Å². The van der Waals surface area contributed by atoms with Crippen molar-refractivity contribution in [2.45, 2.75) is 32.5 Å². The molecule has 0 bridgehead atoms. The minimum Gasteiger partial charge on any atom is -0.332 e. The van der Waals surface area contributed by atoms with E-state index >= 15 is 0 Å². The fourth-order valence-corrected chi connectivity index (χ4v) is 3.80. The van der Waals surface area contributed by atoms with Crippen molar-refractivity contribution in [3.63, 3.8) is 0 Å². The standard InChI is InChI=1S/C21H17ClF3N3O/c1-12-10-28-20(16(9-26-28)15-4-3-14(23)8-19(15)25)11-27(12)21(29)7-13-2-5-18(24)17(22)6-13/h2-6,8-9,12H,7,10-11H2,1H3. The lowest BCUT2D eigenvalue weighted by molar-refractivity contribution is -0.134. The highest BCUT2D eigenvalue weighted by Crippen LogP contribution is 2.31. The number of aromatic nitrogens is 2. The lowest BCUT2D eigenvalue weighted by Crippen LogP contribution is -2.45. The van der Waals surface area contributed by atoms with Crippen molar-refractivity contribution in [1.82, 2.24) is 14.7 Å². The largest absolute Gasteiger partial charge is 0.332 e. The van der Waals surface area contributed by atoms with Crippen molar-refractivity contribution in [3.8, 4) is 11.1 Å². The van der Waals surface area contributed by atoms with Gasteiger partial charge in [-0.05, 0) is 36.8 Å². The summed E-state index contributed by atoms with van der Waals surface area (Å²) in [5, 5.41) is 4.27. The Labute approximate surface area is 170 Å². The molecule has 29 heavy (non-hydrogen) atoms. The Morgan fingerprint density at radius 2 is 1.93 bits per heavy atom. The van der Waals surface area contributed by atoms with Crippen LogP contribution in [0.5, 0.6) is 0 Å². The molecule has 0 fully saturated rings. The normalized spacial score (nSPS) is 16.0. The van der Waals surface area contributed by atoms with Gasteiger partial charge in [-0.25, -0.2) is 13.2 Å². The van der Waals surface area contributed by atoms with Gasteiger partial charge in [-0.3, -0.25) is 9.48 Å². The molecule has 1 atom stereocenters. The average molecular weight is 420 g/mol. The quantitative estimate of drug-likeness (QED) is 0.622. The summed E-state index contributed by atoms with van der Waals surface area (Å²) in [6, 6.07) is 7.45. The number of hydrogen-bond acceptors (Lipinski definition) is 2. The summed E-state index contributed by atoms with van der Waals surface area (Å²) < 4.78 is 42.6. The van der Waals surface area contributed by atoms with Crippen molar-refractivity contribution in [2.75, 3.05) is 0 Å². The summed E-state index contributed by atoms with van der Waals surface area (Å²) in [5.41, 5.74) is 2.05. The Morgan fingerprint density at radius 3 is 2.66 bits per heavy atom. The van der Waals surface area contributed by atoms with Gasteiger partial charge in [0.25, 0.3) is 0 Å². The molecule has 0 spiro atoms. The van der Waals surface area contributed by atoms with Crippen LogP contribution in [0.15, 0.2) is 42.6 Å². The lowest BCUT2D eigenvalue weighted by atomic mass is 10.0. The van der Waals surface area contributed by atoms with E-state index in [1.165, 1.54) is 36.5 Å². The van der Waals surface area contributed by atoms with Gasteiger partial charge < -0.3 is 4.90 Å². The van der Waals surface area contributed by atoms with Crippen molar-refractivity contribution in [3.05, 3.63) is 76.3 Å². The molecule has 150 valence electrons. The summed E-state index contributed by atoms with van der Waals surface area (Å²) in [5.74, 6) is -2.03. The van der Waals surface area contributed by atoms with E-state index in [1.807, 2.05) is 6.92 Å². The van der Waals surface area contributed by atoms with Crippen LogP contribution >= 0.6 is 11.6 Å². The van der Waals surface area contributed by atoms with Crippen molar-refractivity contribution in [1.29, 1.82) is 0 Å². The molecule has 0 saturated heterocycles. The van der Waals surface area contributed by atoms with E-state index in [4.69, 9.17) is 11.6 Å². The van der Waals surface area contributed by atoms with E-state index in [9.17, 15) is 18.0 Å². The Hall–Kier alpha value is -2.80. The van der Waals surface area contributed by atoms with Crippen molar-refractivity contribution < 1.29 is 18.0 Å². The first-order chi connectivity index (χ1) is 13.8. The summed E-state index contributed by atoms with van der Waals surface area (Å²) in [6.45, 7) is 2.59. The fourth-order valence-electron chi connectivity index (χ4n) is 3.59. The number of amides is 1. The smallest absolute Gasteiger partial charge is 0.227 e. The molecule has 1 aliphatic heterocycles. The molecule has 1 aliphatic rings. The molecule has 4 rings (SSSR count). The maximum atomic E-state index is 14.3. The van der Waals surface area contributed by atoms with Crippen LogP contribution in [0.4, 0.5) is 13.2 Å². The third-order valence-electron chi connectivity index (χ3n) is 5.12. The number of carbonyl (C=O) groups is 1. The first-order valence-corrected chi connectivity index (χ1v) is 9.45. The first kappa shape index (κ1) is 19.5. The van der Waals surface area contributed by atoms with Crippen LogP contribution in [0.3, 0.4) is 0 Å². The third kappa shape index (κ3) is 3.74. The minimum absolute atomic E-state index is 0.0332. The Bertz CT molecular complexity index is 1100. The molecule has 1 unspecified atom stereocenters. The van der Waals surface area contributed by atoms with Crippen LogP contribution in [0, 0.1) is 17.5 Å². The number of carbonyl (C=O) groups excluding carboxylic acids is 1. The third-order valence-corrected chi connectivity index (χ3v) is 5.41. The molecule has 0 N–H and O–H groups in total. The summed E-state index contributed by atoms with van der Waals surface area (Å²) in [6.07, 6.45) is 1.60. The minimum atomic E-state index is -0.682. The second-order valence-electron chi connectivity index (χ2n) is 7.11. The van der Waals surface area contributed by atoms with Crippen LogP contribution in [0.1, 0.15) is 18.2 Å². The topological polar surface area (TPSA) is 38.1 Å². The average Bonchev–Trinajstić information content (AvgIpc) is 3.06. The first-order valence-electron chi connectivity index (χ1n) is 9.07. The van der Waals surface area contributed by atoms with Gasteiger partial charge in [0, 0.05) is 23.2 Å². The van der Waals surface area contributed by atoms with Gasteiger partial charge in [-0.1, -0.05) is 17.7 Å². The number of fused-ring (bicyclic) bond motifs is 1. The van der Waals surface area contributed by atoms with Crippen LogP contribution in [0.25, 0.3) is 11.1 Å². The second kappa shape index (κ2) is 7.55. The lowest BCUT2D eigenvalue weighted by Gasteiger charge is -2.34. The van der Waals surface area contributed by atoms with E-state index in [-0.39, 0.29) is 35.5 Å². The Morgan fingerprint density at radius 1 is 1.14 bits per heavy atom. The van der Waals surface area contributed by atoms with Crippen LogP contribution < -0.4 is 0 Å². The number of nitrogens with zero attached hydrogens (tertiary/aromatic N) is 3. The van der Waals surface area contributed by atoms with E-state index in [2.05, 4.69) is 5.10 Å². The van der Waals surface area contributed by atoms with E-state index in [0.717, 1.165) is 6.07 Å². The predicted octanol–water partition coefficient (Wildman–Crippen LogP) is 4.59. The van der Waals surface area contributed by atoms with E-state index < -0.39 is 17.5 Å². The summed E-state index contributed by atoms with van der Waals surface area (Å²) >= 11 is 5.80. The number of benzene rings is 2. The van der Waals surface area contributed by atoms with Gasteiger partial charge in [0.1, 0.15) is 17.5 Å². The zero-order chi connectivity index (χ0) is 20.7. The highest BCUT2D eigenvalue weighted by Gasteiger charge is 2.30. The Kier molecular flexibility index (Phi) is 5.08. The van der Waals surface area contributed by atoms with Crippen LogP contribution in [-0.2, 0) is 24.3 Å². The van der Waals surface area contributed by atoms with E-state index in [0.29, 0.717) is 23.4 Å². The molecule has 4 nitrogen and oxygen atoms in total. The zero-order valence-corrected chi connectivity index (χ0v) is 16.3. The maximum absolute atomic E-state index is 14.3. The highest BCUT2D eigenvalue weighted by molar-refractivity contribution is 6.30. The van der Waals surface area contributed by atoms with Crippen LogP contribution in [0.2, 0.25) is 5.02 Å². The molecule has 0 aliphatic carbocycles. The fraction of sp³-hybridized carbons (Fsp3) is 0.238. The van der Waals surface area contributed by atoms with Gasteiger partial charge in [0.05, 0.1) is 36.4 Å². The monoisotopic (exact) mass is 419 g/mol. The maximum Gasteiger partial charge on any atom is 0.227 e. The van der Waals surface area contributed by atoms with Gasteiger partial charge in [0.15, 0.2) is 0 Å². The molecule has 8 heteroatoms. The Balaban J connectivity index is 1.61. The van der Waals surface area contributed by atoms with Gasteiger partial charge in [-0.15, -0.1) is 0 Å². The molecule has 2 heterocycles. The van der Waals surface area contributed by atoms with Gasteiger partial charge in [-0.2, -0.15) is 5.10 Å². The summed E-state index contributed by atoms with van der Waals surface area (Å²) in [4.78, 5) is 14.6. The van der Waals surface area contributed by atoms with E-state index in [1.54, 1.807) is 9.58 Å². The predicted molar refractivity (Wildman–Crippen MR) is 103 cm³/mol. The molecular weight excluding hydrogens is 403 g/mol. The molecule has 1 amide bonds. The SMILES string of the molecule is CC1Cn2ncc(-c3ccc(F)cc3F)c2CN1C(=O)Cc1ccc(F)c(Cl)c1. The number of rotatable bonds is 3. The molecule has 2 aromatic carbocycles. The van der Waals surface area contributed by atoms with Crippen molar-refractivity contribution in [2.24, 2.45) is 0 Å². The zero-order valence-electron chi connectivity index (χ0n) is 15.5. The van der Waals surface area contributed by atoms with Gasteiger partial charge in [0.2, 0.25) is 5.91 Å². The van der Waals surface area contributed by atoms with Gasteiger partial charge >= 0.3 is 0 Å². The number of halogens is 4. The molecule has 0 saturated carbocycles. The molecular formula is C21H17ClF3N3O. The number of hydrogen-bond donors (Lipinski definition) is 0. The highest BCUT2D eigenvalue weighted by atomic mass is 35.5. The molecule has 3 aromatic rings. The van der Waals surface area contributed by atoms with Crippen molar-refractivity contribution >= 4 is 17.5 Å².